The van der Waals surface area contributed by atoms with Gasteiger partial charge in [-0.2, -0.15) is 31.4 Å². The van der Waals surface area contributed by atoms with Crippen molar-refractivity contribution in [1.29, 1.82) is 0 Å². The number of anilines is 4. The van der Waals surface area contributed by atoms with Crippen molar-refractivity contribution in [3.8, 4) is 22.5 Å². The van der Waals surface area contributed by atoms with Gasteiger partial charge < -0.3 is 21.3 Å². The van der Waals surface area contributed by atoms with Gasteiger partial charge in [0.25, 0.3) is 0 Å². The second-order valence-corrected chi connectivity index (χ2v) is 17.7. The molecule has 0 bridgehead atoms. The molecule has 390 valence electrons. The largest absolute Gasteiger partial charge is 0.417 e. The normalized spacial score (nSPS) is 11.3. The minimum absolute atomic E-state index is 0.0978. The van der Waals surface area contributed by atoms with Crippen LogP contribution in [0.25, 0.3) is 44.6 Å². The molecule has 0 saturated heterocycles. The second-order valence-electron chi connectivity index (χ2n) is 16.9. The van der Waals surface area contributed by atoms with Crippen LogP contribution in [0.5, 0.6) is 0 Å². The van der Waals surface area contributed by atoms with Crippen molar-refractivity contribution in [2.45, 2.75) is 12.4 Å². The third kappa shape index (κ3) is 12.7. The van der Waals surface area contributed by atoms with Gasteiger partial charge in [-0.15, -0.1) is 0 Å². The lowest BCUT2D eigenvalue weighted by molar-refractivity contribution is -0.138. The SMILES string of the molecule is Cn1cc(-c2cnc3ccc(C(=O)c4cccc(NC(=O)Nc5ccc(Cl)c(C(F)(F)F)c5)c4)cc3n2)cn1.O=C(Nc1cccc(C(=O)c2ccc3ncc(-c4cccnc4)nc3c2)c1)Nc1ccc(Cl)c(C(F)(F)F)c1. The van der Waals surface area contributed by atoms with E-state index in [1.165, 1.54) is 24.3 Å². The zero-order valence-electron chi connectivity index (χ0n) is 40.0. The van der Waals surface area contributed by atoms with Crippen LogP contribution in [0.2, 0.25) is 10.0 Å². The predicted molar refractivity (Wildman–Crippen MR) is 282 cm³/mol. The molecule has 15 nitrogen and oxygen atoms in total. The summed E-state index contributed by atoms with van der Waals surface area (Å²) in [4.78, 5) is 73.5. The molecule has 78 heavy (non-hydrogen) atoms. The van der Waals surface area contributed by atoms with E-state index >= 15 is 0 Å². The molecule has 0 spiro atoms. The molecule has 0 aliphatic rings. The van der Waals surface area contributed by atoms with Crippen LogP contribution in [-0.4, -0.2) is 58.3 Å². The molecule has 0 atom stereocenters. The molecule has 0 aliphatic heterocycles. The van der Waals surface area contributed by atoms with E-state index < -0.39 is 45.6 Å². The van der Waals surface area contributed by atoms with Crippen molar-refractivity contribution in [1.82, 2.24) is 34.7 Å². The maximum absolute atomic E-state index is 13.2. The van der Waals surface area contributed by atoms with Gasteiger partial charge >= 0.3 is 24.4 Å². The number of hydrogen-bond acceptors (Lipinski definition) is 10. The van der Waals surface area contributed by atoms with E-state index in [4.69, 9.17) is 23.2 Å². The highest BCUT2D eigenvalue weighted by Gasteiger charge is 2.34. The Morgan fingerprint density at radius 2 is 0.923 bits per heavy atom. The highest BCUT2D eigenvalue weighted by atomic mass is 35.5. The number of ketones is 2. The Labute approximate surface area is 447 Å². The topological polar surface area (TPSA) is 199 Å². The molecule has 4 heterocycles. The van der Waals surface area contributed by atoms with Crippen molar-refractivity contribution in [3.05, 3.63) is 214 Å². The number of alkyl halides is 6. The summed E-state index contributed by atoms with van der Waals surface area (Å²) in [5, 5.41) is 12.9. The summed E-state index contributed by atoms with van der Waals surface area (Å²) in [6, 6.07) is 30.4. The van der Waals surface area contributed by atoms with Crippen molar-refractivity contribution >= 4 is 91.6 Å². The number of rotatable bonds is 10. The van der Waals surface area contributed by atoms with E-state index in [1.807, 2.05) is 12.3 Å². The number of pyridine rings is 1. The number of nitrogens with zero attached hydrogens (tertiary/aromatic N) is 7. The summed E-state index contributed by atoms with van der Waals surface area (Å²) < 4.78 is 80.3. The van der Waals surface area contributed by atoms with Gasteiger partial charge in [-0.25, -0.2) is 19.6 Å². The van der Waals surface area contributed by atoms with Crippen molar-refractivity contribution in [3.63, 3.8) is 0 Å². The third-order valence-electron chi connectivity index (χ3n) is 11.4. The molecule has 6 aromatic carbocycles. The van der Waals surface area contributed by atoms with Gasteiger partial charge in [-0.3, -0.25) is 29.2 Å². The van der Waals surface area contributed by atoms with E-state index in [0.717, 1.165) is 35.4 Å². The monoisotopic (exact) mass is 1100 g/mol. The van der Waals surface area contributed by atoms with Crippen LogP contribution in [0, 0.1) is 0 Å². The molecule has 4 amide bonds. The Kier molecular flexibility index (Phi) is 15.2. The lowest BCUT2D eigenvalue weighted by Gasteiger charge is -2.12. The quantitative estimate of drug-likeness (QED) is 0.0755. The molecule has 0 saturated carbocycles. The molecule has 0 unspecified atom stereocenters. The first kappa shape index (κ1) is 53.2. The Balaban J connectivity index is 0.000000190. The first-order valence-electron chi connectivity index (χ1n) is 22.9. The summed E-state index contributed by atoms with van der Waals surface area (Å²) in [6.07, 6.45) is 0.723. The number of carbonyl (C=O) groups excluding carboxylic acids is 4. The summed E-state index contributed by atoms with van der Waals surface area (Å²) >= 11 is 11.2. The Hall–Kier alpha value is -9.60. The van der Waals surface area contributed by atoms with Crippen LogP contribution in [0.15, 0.2) is 171 Å². The number of carbonyl (C=O) groups is 4. The summed E-state index contributed by atoms with van der Waals surface area (Å²) in [5.74, 6) is -0.635. The van der Waals surface area contributed by atoms with Crippen molar-refractivity contribution < 1.29 is 45.5 Å². The van der Waals surface area contributed by atoms with Crippen molar-refractivity contribution in [2.75, 3.05) is 21.3 Å². The molecule has 4 aromatic heterocycles. The smallest absolute Gasteiger partial charge is 0.308 e. The fraction of sp³-hybridized carbons (Fsp3) is 0.0545. The first-order valence-corrected chi connectivity index (χ1v) is 23.6. The lowest BCUT2D eigenvalue weighted by atomic mass is 10.0. The third-order valence-corrected chi connectivity index (χ3v) is 12.1. The number of halogens is 8. The molecule has 10 rings (SSSR count). The maximum atomic E-state index is 13.2. The summed E-state index contributed by atoms with van der Waals surface area (Å²) in [7, 11) is 1.79. The molecule has 23 heteroatoms. The average molecular weight is 1100 g/mol. The Bertz CT molecular complexity index is 3950. The number of aromatic nitrogens is 7. The zero-order valence-corrected chi connectivity index (χ0v) is 41.5. The molecular formula is C55H35Cl2F6N11O4. The molecule has 0 aliphatic carbocycles. The van der Waals surface area contributed by atoms with E-state index in [1.54, 1.807) is 122 Å². The summed E-state index contributed by atoms with van der Waals surface area (Å²) in [5.41, 5.74) is 4.57. The lowest BCUT2D eigenvalue weighted by Crippen LogP contribution is -2.20. The van der Waals surface area contributed by atoms with Crippen LogP contribution in [0.1, 0.15) is 43.0 Å². The van der Waals surface area contributed by atoms with E-state index in [-0.39, 0.29) is 45.4 Å². The van der Waals surface area contributed by atoms with Crippen LogP contribution in [-0.2, 0) is 19.4 Å². The number of aryl methyl sites for hydroxylation is 1. The van der Waals surface area contributed by atoms with Gasteiger partial charge in [0.1, 0.15) is 0 Å². The maximum Gasteiger partial charge on any atom is 0.417 e. The standard InChI is InChI=1S/C28H17ClF3N5O2.C27H18ClF3N6O2/c29-22-8-7-20(13-21(22)28(30,31)32)36-27(39)35-19-5-1-3-16(11-19)26(38)17-6-9-23-24(12-17)37-25(15-34-23)18-4-2-10-33-14-18;1-37-14-17(12-33-37)24-13-32-22-8-5-16(10-23(22)36-24)25(38)15-3-2-4-18(9-15)34-26(39)35-19-6-7-21(28)20(11-19)27(29,30)31/h1-15H,(H2,35,36,39);2-14H,1H3,(H2,34,35,39). The van der Waals surface area contributed by atoms with Crippen LogP contribution in [0.4, 0.5) is 58.7 Å². The minimum atomic E-state index is -4.67. The van der Waals surface area contributed by atoms with Gasteiger partial charge in [-0.1, -0.05) is 47.5 Å². The molecule has 10 aromatic rings. The number of urea groups is 2. The Morgan fingerprint density at radius 1 is 0.474 bits per heavy atom. The van der Waals surface area contributed by atoms with Crippen LogP contribution >= 0.6 is 23.2 Å². The van der Waals surface area contributed by atoms with Gasteiger partial charge in [0.05, 0.1) is 73.2 Å². The van der Waals surface area contributed by atoms with Gasteiger partial charge in [0.15, 0.2) is 11.6 Å². The van der Waals surface area contributed by atoms with Crippen molar-refractivity contribution in [2.24, 2.45) is 7.05 Å². The summed E-state index contributed by atoms with van der Waals surface area (Å²) in [6.45, 7) is 0. The number of hydrogen-bond donors (Lipinski definition) is 4. The number of benzene rings is 6. The predicted octanol–water partition coefficient (Wildman–Crippen LogP) is 13.8. The van der Waals surface area contributed by atoms with Crippen LogP contribution < -0.4 is 21.3 Å². The van der Waals surface area contributed by atoms with E-state index in [9.17, 15) is 45.5 Å². The molecular weight excluding hydrogens is 1060 g/mol. The van der Waals surface area contributed by atoms with Gasteiger partial charge in [-0.05, 0) is 109 Å². The first-order chi connectivity index (χ1) is 37.2. The Morgan fingerprint density at radius 3 is 1.35 bits per heavy atom. The van der Waals surface area contributed by atoms with E-state index in [2.05, 4.69) is 51.3 Å². The highest BCUT2D eigenvalue weighted by molar-refractivity contribution is 6.32. The number of amides is 4. The second kappa shape index (κ2) is 22.3. The van der Waals surface area contributed by atoms with Crippen LogP contribution in [0.3, 0.4) is 0 Å². The minimum Gasteiger partial charge on any atom is -0.308 e. The zero-order chi connectivity index (χ0) is 55.3. The fourth-order valence-electron chi connectivity index (χ4n) is 7.69. The van der Waals surface area contributed by atoms with Gasteiger partial charge in [0.2, 0.25) is 0 Å². The number of fused-ring (bicyclic) bond motifs is 2. The molecule has 0 radical (unpaired) electrons. The van der Waals surface area contributed by atoms with Gasteiger partial charge in [0, 0.05) is 81.8 Å². The highest BCUT2D eigenvalue weighted by Crippen LogP contribution is 2.38. The average Bonchev–Trinajstić information content (AvgIpc) is 3.91. The van der Waals surface area contributed by atoms with E-state index in [0.29, 0.717) is 44.6 Å². The molecule has 4 N–H and O–H groups in total. The molecule has 0 fully saturated rings. The fourth-order valence-corrected chi connectivity index (χ4v) is 8.14. The number of nitrogens with one attached hydrogen (secondary N) is 4.